The van der Waals surface area contributed by atoms with Crippen molar-refractivity contribution in [3.05, 3.63) is 17.0 Å². The molecule has 1 atom stereocenters. The van der Waals surface area contributed by atoms with E-state index in [4.69, 9.17) is 16.7 Å². The number of nitrogens with zero attached hydrogens (tertiary/aromatic N) is 2. The number of rotatable bonds is 8. The van der Waals surface area contributed by atoms with Crippen LogP contribution in [-0.2, 0) is 0 Å². The molecule has 0 aromatic carbocycles. The van der Waals surface area contributed by atoms with Gasteiger partial charge < -0.3 is 10.4 Å². The minimum Gasteiger partial charge on any atom is -0.396 e. The number of aliphatic hydroxyl groups is 1. The highest BCUT2D eigenvalue weighted by atomic mass is 35.5. The topological polar surface area (TPSA) is 58.0 Å². The van der Waals surface area contributed by atoms with E-state index >= 15 is 0 Å². The molecule has 0 aliphatic heterocycles. The van der Waals surface area contributed by atoms with Crippen LogP contribution in [0.15, 0.2) is 6.33 Å². The third-order valence-corrected chi connectivity index (χ3v) is 3.51. The van der Waals surface area contributed by atoms with E-state index in [2.05, 4.69) is 36.1 Å². The zero-order valence-corrected chi connectivity index (χ0v) is 12.7. The van der Waals surface area contributed by atoms with Crippen LogP contribution in [0.5, 0.6) is 0 Å². The first-order valence-electron chi connectivity index (χ1n) is 6.95. The number of anilines is 1. The Morgan fingerprint density at radius 2 is 2.05 bits per heavy atom. The van der Waals surface area contributed by atoms with Crippen LogP contribution < -0.4 is 5.32 Å². The van der Waals surface area contributed by atoms with Crippen LogP contribution in [0.25, 0.3) is 0 Å². The van der Waals surface area contributed by atoms with Gasteiger partial charge in [0.1, 0.15) is 17.3 Å². The lowest BCUT2D eigenvalue weighted by molar-refractivity contribution is 0.255. The number of aromatic nitrogens is 2. The van der Waals surface area contributed by atoms with Gasteiger partial charge in [-0.05, 0) is 24.7 Å². The van der Waals surface area contributed by atoms with Crippen molar-refractivity contribution in [2.75, 3.05) is 18.5 Å². The van der Waals surface area contributed by atoms with Gasteiger partial charge in [0.15, 0.2) is 0 Å². The van der Waals surface area contributed by atoms with E-state index in [1.807, 2.05) is 0 Å². The largest absolute Gasteiger partial charge is 0.396 e. The molecule has 0 aliphatic carbocycles. The van der Waals surface area contributed by atoms with Gasteiger partial charge in [0, 0.05) is 18.7 Å². The van der Waals surface area contributed by atoms with Crippen LogP contribution in [0.4, 0.5) is 5.82 Å². The Morgan fingerprint density at radius 3 is 2.63 bits per heavy atom. The van der Waals surface area contributed by atoms with Crippen molar-refractivity contribution >= 4 is 17.4 Å². The minimum absolute atomic E-state index is 0.230. The van der Waals surface area contributed by atoms with Gasteiger partial charge in [0.2, 0.25) is 0 Å². The molecule has 0 bridgehead atoms. The molecule has 1 aromatic rings. The van der Waals surface area contributed by atoms with Gasteiger partial charge in [0.25, 0.3) is 0 Å². The monoisotopic (exact) mass is 285 g/mol. The van der Waals surface area contributed by atoms with E-state index in [-0.39, 0.29) is 12.5 Å². The van der Waals surface area contributed by atoms with Gasteiger partial charge in [-0.25, -0.2) is 9.97 Å². The fourth-order valence-corrected chi connectivity index (χ4v) is 2.56. The summed E-state index contributed by atoms with van der Waals surface area (Å²) in [7, 11) is 0. The molecule has 5 heteroatoms. The summed E-state index contributed by atoms with van der Waals surface area (Å²) < 4.78 is 0. The highest BCUT2D eigenvalue weighted by molar-refractivity contribution is 6.30. The summed E-state index contributed by atoms with van der Waals surface area (Å²) in [6, 6.07) is 0. The molecule has 1 unspecified atom stereocenters. The fraction of sp³-hybridized carbons (Fsp3) is 0.714. The van der Waals surface area contributed by atoms with E-state index in [1.165, 1.54) is 6.33 Å². The van der Waals surface area contributed by atoms with Gasteiger partial charge in [-0.2, -0.15) is 0 Å². The van der Waals surface area contributed by atoms with Crippen LogP contribution in [0.1, 0.15) is 51.5 Å². The second kappa shape index (κ2) is 8.33. The predicted molar refractivity (Wildman–Crippen MR) is 79.7 cm³/mol. The van der Waals surface area contributed by atoms with E-state index in [1.54, 1.807) is 0 Å². The molecular formula is C14H24ClN3O. The van der Waals surface area contributed by atoms with Gasteiger partial charge in [0.05, 0.1) is 0 Å². The minimum atomic E-state index is 0.230. The van der Waals surface area contributed by atoms with Gasteiger partial charge in [-0.1, -0.05) is 38.8 Å². The molecule has 2 N–H and O–H groups in total. The van der Waals surface area contributed by atoms with E-state index < -0.39 is 0 Å². The van der Waals surface area contributed by atoms with Crippen molar-refractivity contribution in [2.24, 2.45) is 5.92 Å². The number of halogens is 1. The Bertz CT molecular complexity index is 379. The van der Waals surface area contributed by atoms with Crippen molar-refractivity contribution in [3.63, 3.8) is 0 Å². The molecule has 0 amide bonds. The van der Waals surface area contributed by atoms with E-state index in [0.717, 1.165) is 37.2 Å². The quantitative estimate of drug-likeness (QED) is 0.718. The molecular weight excluding hydrogens is 262 g/mol. The predicted octanol–water partition coefficient (Wildman–Crippen LogP) is 3.46. The third-order valence-electron chi connectivity index (χ3n) is 3.21. The average molecular weight is 286 g/mol. The Balaban J connectivity index is 2.73. The summed E-state index contributed by atoms with van der Waals surface area (Å²) in [5, 5.41) is 12.9. The maximum Gasteiger partial charge on any atom is 0.138 e. The first-order valence-corrected chi connectivity index (χ1v) is 7.33. The lowest BCUT2D eigenvalue weighted by atomic mass is 10.00. The molecule has 0 saturated carbocycles. The lowest BCUT2D eigenvalue weighted by Crippen LogP contribution is -2.17. The first kappa shape index (κ1) is 16.2. The average Bonchev–Trinajstić information content (AvgIpc) is 2.36. The Hall–Kier alpha value is -0.870. The molecule has 0 spiro atoms. The Labute approximate surface area is 120 Å². The molecule has 0 saturated heterocycles. The normalized spacial score (nSPS) is 12.7. The molecule has 0 fully saturated rings. The lowest BCUT2D eigenvalue weighted by Gasteiger charge is -2.19. The van der Waals surface area contributed by atoms with Crippen LogP contribution in [-0.4, -0.2) is 28.2 Å². The SMILES string of the molecule is CCCC(CCO)CNc1ncnc(Cl)c1C(C)C. The number of hydrogen-bond acceptors (Lipinski definition) is 4. The van der Waals surface area contributed by atoms with Crippen molar-refractivity contribution in [1.82, 2.24) is 9.97 Å². The Morgan fingerprint density at radius 1 is 1.32 bits per heavy atom. The summed E-state index contributed by atoms with van der Waals surface area (Å²) in [4.78, 5) is 8.32. The standard InChI is InChI=1S/C14H24ClN3O/c1-4-5-11(6-7-19)8-16-14-12(10(2)3)13(15)17-9-18-14/h9-11,19H,4-8H2,1-3H3,(H,16,17,18). The number of hydrogen-bond donors (Lipinski definition) is 2. The second-order valence-electron chi connectivity index (χ2n) is 5.13. The zero-order valence-electron chi connectivity index (χ0n) is 12.0. The molecule has 1 heterocycles. The van der Waals surface area contributed by atoms with Crippen LogP contribution in [0.3, 0.4) is 0 Å². The van der Waals surface area contributed by atoms with Crippen LogP contribution in [0, 0.1) is 5.92 Å². The molecule has 0 aliphatic rings. The summed E-state index contributed by atoms with van der Waals surface area (Å²) >= 11 is 6.13. The summed E-state index contributed by atoms with van der Waals surface area (Å²) in [5.41, 5.74) is 0.961. The number of aliphatic hydroxyl groups excluding tert-OH is 1. The zero-order chi connectivity index (χ0) is 14.3. The molecule has 4 nitrogen and oxygen atoms in total. The fourth-order valence-electron chi connectivity index (χ4n) is 2.21. The maximum atomic E-state index is 9.07. The Kier molecular flexibility index (Phi) is 7.10. The van der Waals surface area contributed by atoms with Gasteiger partial charge in [-0.15, -0.1) is 0 Å². The second-order valence-corrected chi connectivity index (χ2v) is 5.49. The molecule has 1 rings (SSSR count). The smallest absolute Gasteiger partial charge is 0.138 e. The summed E-state index contributed by atoms with van der Waals surface area (Å²) in [5.74, 6) is 1.55. The maximum absolute atomic E-state index is 9.07. The van der Waals surface area contributed by atoms with Crippen molar-refractivity contribution < 1.29 is 5.11 Å². The van der Waals surface area contributed by atoms with Crippen molar-refractivity contribution in [3.8, 4) is 0 Å². The third kappa shape index (κ3) is 4.96. The highest BCUT2D eigenvalue weighted by Crippen LogP contribution is 2.28. The van der Waals surface area contributed by atoms with Gasteiger partial charge in [-0.3, -0.25) is 0 Å². The molecule has 19 heavy (non-hydrogen) atoms. The highest BCUT2D eigenvalue weighted by Gasteiger charge is 2.15. The van der Waals surface area contributed by atoms with Crippen LogP contribution in [0.2, 0.25) is 5.15 Å². The van der Waals surface area contributed by atoms with Crippen molar-refractivity contribution in [1.29, 1.82) is 0 Å². The summed E-state index contributed by atoms with van der Waals surface area (Å²) in [6.07, 6.45) is 4.52. The summed E-state index contributed by atoms with van der Waals surface area (Å²) in [6.45, 7) is 7.35. The number of nitrogens with one attached hydrogen (secondary N) is 1. The molecule has 0 radical (unpaired) electrons. The first-order chi connectivity index (χ1) is 9.10. The van der Waals surface area contributed by atoms with E-state index in [0.29, 0.717) is 11.1 Å². The molecule has 1 aromatic heterocycles. The van der Waals surface area contributed by atoms with Gasteiger partial charge >= 0.3 is 0 Å². The van der Waals surface area contributed by atoms with Crippen molar-refractivity contribution in [2.45, 2.75) is 46.0 Å². The van der Waals surface area contributed by atoms with E-state index in [9.17, 15) is 0 Å². The van der Waals surface area contributed by atoms with Crippen LogP contribution >= 0.6 is 11.6 Å². The molecule has 108 valence electrons.